The van der Waals surface area contributed by atoms with E-state index in [-0.39, 0.29) is 5.91 Å². The van der Waals surface area contributed by atoms with Gasteiger partial charge in [-0.15, -0.1) is 0 Å². The van der Waals surface area contributed by atoms with Crippen molar-refractivity contribution in [2.24, 2.45) is 0 Å². The smallest absolute Gasteiger partial charge is 0.259 e. The number of para-hydroxylation sites is 1. The zero-order valence-electron chi connectivity index (χ0n) is 18.0. The molecule has 0 saturated carbocycles. The van der Waals surface area contributed by atoms with Crippen molar-refractivity contribution in [3.8, 4) is 5.75 Å². The standard InChI is InChI=1S/C25H24N4O3/c1-26-11-6-12-29-14-17(21-19(29)9-5-10-20(21)32-2)23-22(24(30)28-25(23)31)16-13-27-18-8-4-3-7-15(16)18/h3-5,7-10,13-14,26-27H,6,11-12H2,1-2H3,(H,28,30,31). The first-order valence-electron chi connectivity index (χ1n) is 10.6. The molecule has 3 heterocycles. The molecule has 0 fully saturated rings. The first-order valence-corrected chi connectivity index (χ1v) is 10.6. The molecule has 2 amide bonds. The normalized spacial score (nSPS) is 14.1. The summed E-state index contributed by atoms with van der Waals surface area (Å²) < 4.78 is 7.78. The van der Waals surface area contributed by atoms with Crippen molar-refractivity contribution < 1.29 is 14.3 Å². The predicted molar refractivity (Wildman–Crippen MR) is 125 cm³/mol. The first-order chi connectivity index (χ1) is 15.6. The molecular formula is C25H24N4O3. The van der Waals surface area contributed by atoms with Gasteiger partial charge in [0.05, 0.1) is 23.8 Å². The van der Waals surface area contributed by atoms with E-state index >= 15 is 0 Å². The number of nitrogens with one attached hydrogen (secondary N) is 3. The summed E-state index contributed by atoms with van der Waals surface area (Å²) in [6.07, 6.45) is 4.68. The summed E-state index contributed by atoms with van der Waals surface area (Å²) in [5.41, 5.74) is 4.05. The molecule has 0 saturated heterocycles. The van der Waals surface area contributed by atoms with E-state index in [4.69, 9.17) is 4.74 Å². The first kappa shape index (κ1) is 20.1. The molecule has 0 atom stereocenters. The number of amides is 2. The summed E-state index contributed by atoms with van der Waals surface area (Å²) >= 11 is 0. The van der Waals surface area contributed by atoms with Gasteiger partial charge in [0.1, 0.15) is 5.75 Å². The molecule has 0 radical (unpaired) electrons. The number of aryl methyl sites for hydroxylation is 1. The Morgan fingerprint density at radius 1 is 1.00 bits per heavy atom. The van der Waals surface area contributed by atoms with Crippen LogP contribution >= 0.6 is 0 Å². The number of aromatic nitrogens is 2. The Balaban J connectivity index is 1.79. The molecule has 7 nitrogen and oxygen atoms in total. The van der Waals surface area contributed by atoms with Crippen LogP contribution in [-0.4, -0.2) is 42.1 Å². The van der Waals surface area contributed by atoms with Crippen LogP contribution in [-0.2, 0) is 16.1 Å². The summed E-state index contributed by atoms with van der Waals surface area (Å²) in [5.74, 6) is -0.112. The van der Waals surface area contributed by atoms with Crippen molar-refractivity contribution in [3.05, 3.63) is 66.0 Å². The molecule has 0 unspecified atom stereocenters. The topological polar surface area (TPSA) is 88.2 Å². The number of H-pyrrole nitrogens is 1. The summed E-state index contributed by atoms with van der Waals surface area (Å²) in [7, 11) is 3.54. The summed E-state index contributed by atoms with van der Waals surface area (Å²) in [6.45, 7) is 1.65. The van der Waals surface area contributed by atoms with Crippen LogP contribution in [0, 0.1) is 0 Å². The second-order valence-electron chi connectivity index (χ2n) is 7.83. The Labute approximate surface area is 185 Å². The van der Waals surface area contributed by atoms with Gasteiger partial charge in [-0.1, -0.05) is 24.3 Å². The van der Waals surface area contributed by atoms with Crippen LogP contribution in [0.15, 0.2) is 54.9 Å². The molecule has 2 aromatic carbocycles. The Bertz CT molecular complexity index is 1390. The van der Waals surface area contributed by atoms with E-state index < -0.39 is 5.91 Å². The third-order valence-corrected chi connectivity index (χ3v) is 5.97. The lowest BCUT2D eigenvalue weighted by molar-refractivity contribution is -0.122. The van der Waals surface area contributed by atoms with Crippen molar-refractivity contribution >= 4 is 44.8 Å². The van der Waals surface area contributed by atoms with E-state index in [1.165, 1.54) is 0 Å². The fourth-order valence-corrected chi connectivity index (χ4v) is 4.54. The molecular weight excluding hydrogens is 404 g/mol. The van der Waals surface area contributed by atoms with Gasteiger partial charge in [0.15, 0.2) is 0 Å². The van der Waals surface area contributed by atoms with Crippen LogP contribution in [0.25, 0.3) is 33.0 Å². The molecule has 1 aliphatic rings. The average Bonchev–Trinajstić information content (AvgIpc) is 3.47. The van der Waals surface area contributed by atoms with Gasteiger partial charge in [-0.2, -0.15) is 0 Å². The van der Waals surface area contributed by atoms with E-state index in [1.807, 2.05) is 55.7 Å². The van der Waals surface area contributed by atoms with Gasteiger partial charge in [-0.25, -0.2) is 0 Å². The molecule has 32 heavy (non-hydrogen) atoms. The van der Waals surface area contributed by atoms with E-state index in [0.29, 0.717) is 28.0 Å². The van der Waals surface area contributed by atoms with Gasteiger partial charge >= 0.3 is 0 Å². The quantitative estimate of drug-likeness (QED) is 0.311. The van der Waals surface area contributed by atoms with Crippen molar-refractivity contribution in [2.45, 2.75) is 13.0 Å². The van der Waals surface area contributed by atoms with Crippen LogP contribution in [0.5, 0.6) is 5.75 Å². The summed E-state index contributed by atoms with van der Waals surface area (Å²) in [5, 5.41) is 7.40. The van der Waals surface area contributed by atoms with Crippen LogP contribution in [0.2, 0.25) is 0 Å². The maximum atomic E-state index is 13.1. The number of carbonyl (C=O) groups is 2. The highest BCUT2D eigenvalue weighted by molar-refractivity contribution is 6.51. The second kappa shape index (κ2) is 8.01. The number of aromatic amines is 1. The lowest BCUT2D eigenvalue weighted by Gasteiger charge is -2.07. The van der Waals surface area contributed by atoms with Crippen molar-refractivity contribution in [2.75, 3.05) is 20.7 Å². The maximum absolute atomic E-state index is 13.1. The molecule has 2 aromatic heterocycles. The molecule has 4 aromatic rings. The van der Waals surface area contributed by atoms with E-state index in [1.54, 1.807) is 13.3 Å². The number of nitrogens with zero attached hydrogens (tertiary/aromatic N) is 1. The van der Waals surface area contributed by atoms with Crippen LogP contribution in [0.3, 0.4) is 0 Å². The fraction of sp³-hybridized carbons (Fsp3) is 0.200. The average molecular weight is 428 g/mol. The van der Waals surface area contributed by atoms with Crippen molar-refractivity contribution in [3.63, 3.8) is 0 Å². The summed E-state index contributed by atoms with van der Waals surface area (Å²) in [6, 6.07) is 13.6. The van der Waals surface area contributed by atoms with Crippen molar-refractivity contribution in [1.29, 1.82) is 0 Å². The number of benzene rings is 2. The van der Waals surface area contributed by atoms with E-state index in [2.05, 4.69) is 20.2 Å². The molecule has 0 bridgehead atoms. The van der Waals surface area contributed by atoms with Crippen LogP contribution in [0.4, 0.5) is 0 Å². The second-order valence-corrected chi connectivity index (χ2v) is 7.83. The van der Waals surface area contributed by atoms with Gasteiger partial charge in [0.2, 0.25) is 0 Å². The van der Waals surface area contributed by atoms with Crippen molar-refractivity contribution in [1.82, 2.24) is 20.2 Å². The largest absolute Gasteiger partial charge is 0.496 e. The highest BCUT2D eigenvalue weighted by Crippen LogP contribution is 2.41. The number of fused-ring (bicyclic) bond motifs is 2. The van der Waals surface area contributed by atoms with Gasteiger partial charge in [-0.05, 0) is 38.2 Å². The van der Waals surface area contributed by atoms with Gasteiger partial charge in [0.25, 0.3) is 11.8 Å². The molecule has 0 spiro atoms. The number of hydrogen-bond acceptors (Lipinski definition) is 4. The molecule has 3 N–H and O–H groups in total. The van der Waals surface area contributed by atoms with Gasteiger partial charge < -0.3 is 19.6 Å². The Morgan fingerprint density at radius 3 is 2.56 bits per heavy atom. The number of imide groups is 1. The number of ether oxygens (including phenoxy) is 1. The minimum atomic E-state index is -0.393. The Hall–Kier alpha value is -3.84. The lowest BCUT2D eigenvalue weighted by Crippen LogP contribution is -2.22. The SMILES string of the molecule is CNCCCn1cc(C2=C(c3c[nH]c4ccccc34)C(=O)NC2=O)c2c(OC)cccc21. The number of rotatable bonds is 7. The molecule has 7 heteroatoms. The van der Waals surface area contributed by atoms with E-state index in [9.17, 15) is 9.59 Å². The highest BCUT2D eigenvalue weighted by Gasteiger charge is 2.35. The van der Waals surface area contributed by atoms with E-state index in [0.717, 1.165) is 41.3 Å². The maximum Gasteiger partial charge on any atom is 0.259 e. The number of hydrogen-bond donors (Lipinski definition) is 3. The van der Waals surface area contributed by atoms with Gasteiger partial charge in [-0.3, -0.25) is 14.9 Å². The Kier molecular flexibility index (Phi) is 5.03. The van der Waals surface area contributed by atoms with Gasteiger partial charge in [0, 0.05) is 46.4 Å². The summed E-state index contributed by atoms with van der Waals surface area (Å²) in [4.78, 5) is 29.3. The minimum Gasteiger partial charge on any atom is -0.496 e. The predicted octanol–water partition coefficient (Wildman–Crippen LogP) is 3.31. The highest BCUT2D eigenvalue weighted by atomic mass is 16.5. The molecule has 0 aliphatic carbocycles. The number of methoxy groups -OCH3 is 1. The minimum absolute atomic E-state index is 0.376. The monoisotopic (exact) mass is 428 g/mol. The molecule has 5 rings (SSSR count). The third-order valence-electron chi connectivity index (χ3n) is 5.97. The van der Waals surface area contributed by atoms with Crippen LogP contribution in [0.1, 0.15) is 17.5 Å². The zero-order valence-corrected chi connectivity index (χ0v) is 18.0. The third kappa shape index (κ3) is 3.09. The number of carbonyl (C=O) groups excluding carboxylic acids is 2. The zero-order chi connectivity index (χ0) is 22.2. The molecule has 162 valence electrons. The van der Waals surface area contributed by atoms with Crippen LogP contribution < -0.4 is 15.4 Å². The lowest BCUT2D eigenvalue weighted by atomic mass is 9.95. The fourth-order valence-electron chi connectivity index (χ4n) is 4.54. The Morgan fingerprint density at radius 2 is 1.78 bits per heavy atom. The molecule has 1 aliphatic heterocycles.